The molecule has 0 radical (unpaired) electrons. The number of carbonyl (C=O) groups is 2. The molecule has 7 nitrogen and oxygen atoms in total. The van der Waals surface area contributed by atoms with E-state index in [1.54, 1.807) is 0 Å². The van der Waals surface area contributed by atoms with Crippen molar-refractivity contribution in [2.24, 2.45) is 0 Å². The van der Waals surface area contributed by atoms with Crippen molar-refractivity contribution in [3.63, 3.8) is 0 Å². The summed E-state index contributed by atoms with van der Waals surface area (Å²) in [4.78, 5) is 23.8. The third-order valence-corrected chi connectivity index (χ3v) is 5.15. The quantitative estimate of drug-likeness (QED) is 0.778. The van der Waals surface area contributed by atoms with Gasteiger partial charge in [-0.1, -0.05) is 6.07 Å². The second-order valence-electron chi connectivity index (χ2n) is 5.35. The number of nitrogens with one attached hydrogen (secondary N) is 2. The predicted octanol–water partition coefficient (Wildman–Crippen LogP) is 1.29. The standard InChI is InChI=1S/C16H15F2N3O4S/c1-21(2)26(24,25)12-5-3-4-10(8-12)15(22)19-20-16(23)13-7-6-11(17)9-14(13)18/h3-9H,1-2H3,(H,19,22)(H,20,23). The van der Waals surface area contributed by atoms with Gasteiger partial charge in [0.25, 0.3) is 11.8 Å². The van der Waals surface area contributed by atoms with Crippen LogP contribution in [-0.4, -0.2) is 38.6 Å². The molecule has 2 N–H and O–H groups in total. The van der Waals surface area contributed by atoms with E-state index in [1.165, 1.54) is 32.3 Å². The van der Waals surface area contributed by atoms with Crippen LogP contribution in [0.5, 0.6) is 0 Å². The zero-order valence-corrected chi connectivity index (χ0v) is 14.6. The molecule has 0 aliphatic rings. The zero-order valence-electron chi connectivity index (χ0n) is 13.8. The van der Waals surface area contributed by atoms with Crippen molar-refractivity contribution < 1.29 is 26.8 Å². The molecule has 0 aromatic heterocycles. The highest BCUT2D eigenvalue weighted by Gasteiger charge is 2.19. The van der Waals surface area contributed by atoms with Crippen molar-refractivity contribution in [1.82, 2.24) is 15.2 Å². The first kappa shape index (κ1) is 19.5. The molecule has 0 atom stereocenters. The Morgan fingerprint density at radius 3 is 2.23 bits per heavy atom. The van der Waals surface area contributed by atoms with Crippen molar-refractivity contribution in [3.8, 4) is 0 Å². The predicted molar refractivity (Wildman–Crippen MR) is 88.6 cm³/mol. The number of benzene rings is 2. The lowest BCUT2D eigenvalue weighted by atomic mass is 10.2. The molecule has 2 aromatic rings. The molecule has 0 spiro atoms. The SMILES string of the molecule is CN(C)S(=O)(=O)c1cccc(C(=O)NNC(=O)c2ccc(F)cc2F)c1. The van der Waals surface area contributed by atoms with Crippen LogP contribution in [0.2, 0.25) is 0 Å². The third-order valence-electron chi connectivity index (χ3n) is 3.34. The van der Waals surface area contributed by atoms with E-state index in [0.29, 0.717) is 6.07 Å². The monoisotopic (exact) mass is 383 g/mol. The van der Waals surface area contributed by atoms with Crippen LogP contribution in [0.3, 0.4) is 0 Å². The van der Waals surface area contributed by atoms with Gasteiger partial charge in [-0.05, 0) is 30.3 Å². The van der Waals surface area contributed by atoms with Gasteiger partial charge in [0.15, 0.2) is 0 Å². The van der Waals surface area contributed by atoms with Crippen molar-refractivity contribution in [3.05, 3.63) is 65.2 Å². The third kappa shape index (κ3) is 4.21. The summed E-state index contributed by atoms with van der Waals surface area (Å²) in [7, 11) is -1.04. The number of hydrazine groups is 1. The number of hydrogen-bond acceptors (Lipinski definition) is 4. The molecule has 0 aliphatic heterocycles. The van der Waals surface area contributed by atoms with Crippen LogP contribution < -0.4 is 10.9 Å². The number of sulfonamides is 1. The van der Waals surface area contributed by atoms with E-state index in [4.69, 9.17) is 0 Å². The minimum absolute atomic E-state index is 0.0344. The van der Waals surface area contributed by atoms with E-state index < -0.39 is 39.0 Å². The van der Waals surface area contributed by atoms with Gasteiger partial charge in [-0.3, -0.25) is 20.4 Å². The van der Waals surface area contributed by atoms with Crippen LogP contribution >= 0.6 is 0 Å². The summed E-state index contributed by atoms with van der Waals surface area (Å²) in [5.41, 5.74) is 3.52. The highest BCUT2D eigenvalue weighted by Crippen LogP contribution is 2.15. The largest absolute Gasteiger partial charge is 0.272 e. The Kier molecular flexibility index (Phi) is 5.68. The first-order valence-electron chi connectivity index (χ1n) is 7.21. The first-order valence-corrected chi connectivity index (χ1v) is 8.65. The Bertz CT molecular complexity index is 962. The van der Waals surface area contributed by atoms with Gasteiger partial charge >= 0.3 is 0 Å². The molecule has 0 saturated carbocycles. The van der Waals surface area contributed by atoms with E-state index in [2.05, 4.69) is 0 Å². The van der Waals surface area contributed by atoms with Crippen LogP contribution in [-0.2, 0) is 10.0 Å². The fourth-order valence-electron chi connectivity index (χ4n) is 1.94. The fraction of sp³-hybridized carbons (Fsp3) is 0.125. The molecule has 138 valence electrons. The molecule has 2 amide bonds. The van der Waals surface area contributed by atoms with E-state index in [0.717, 1.165) is 22.5 Å². The Labute approximate surface area is 148 Å². The van der Waals surface area contributed by atoms with E-state index in [1.807, 2.05) is 10.9 Å². The van der Waals surface area contributed by atoms with Gasteiger partial charge in [0.05, 0.1) is 10.5 Å². The van der Waals surface area contributed by atoms with Crippen LogP contribution in [0, 0.1) is 11.6 Å². The molecule has 0 bridgehead atoms. The average molecular weight is 383 g/mol. The number of amides is 2. The van der Waals surface area contributed by atoms with Crippen LogP contribution in [0.25, 0.3) is 0 Å². The minimum atomic E-state index is -3.74. The number of carbonyl (C=O) groups excluding carboxylic acids is 2. The Balaban J connectivity index is 2.12. The Morgan fingerprint density at radius 1 is 0.962 bits per heavy atom. The topological polar surface area (TPSA) is 95.6 Å². The van der Waals surface area contributed by atoms with E-state index >= 15 is 0 Å². The van der Waals surface area contributed by atoms with Crippen LogP contribution in [0.4, 0.5) is 8.78 Å². The van der Waals surface area contributed by atoms with Gasteiger partial charge < -0.3 is 0 Å². The smallest absolute Gasteiger partial charge is 0.267 e. The molecule has 0 saturated heterocycles. The van der Waals surface area contributed by atoms with E-state index in [-0.39, 0.29) is 10.5 Å². The Morgan fingerprint density at radius 2 is 1.62 bits per heavy atom. The van der Waals surface area contributed by atoms with Crippen molar-refractivity contribution in [1.29, 1.82) is 0 Å². The summed E-state index contributed by atoms with van der Waals surface area (Å²) < 4.78 is 51.5. The highest BCUT2D eigenvalue weighted by atomic mass is 32.2. The lowest BCUT2D eigenvalue weighted by Gasteiger charge is -2.12. The minimum Gasteiger partial charge on any atom is -0.267 e. The Hall–Kier alpha value is -2.85. The van der Waals surface area contributed by atoms with Gasteiger partial charge in [0, 0.05) is 25.7 Å². The second kappa shape index (κ2) is 7.58. The van der Waals surface area contributed by atoms with Gasteiger partial charge in [0.2, 0.25) is 10.0 Å². The number of nitrogens with zero attached hydrogens (tertiary/aromatic N) is 1. The molecule has 0 unspecified atom stereocenters. The number of halogens is 2. The van der Waals surface area contributed by atoms with E-state index in [9.17, 15) is 26.8 Å². The summed E-state index contributed by atoms with van der Waals surface area (Å²) in [5, 5.41) is 0. The van der Waals surface area contributed by atoms with Crippen molar-refractivity contribution in [2.45, 2.75) is 4.90 Å². The molecular formula is C16H15F2N3O4S. The second-order valence-corrected chi connectivity index (χ2v) is 7.50. The summed E-state index contributed by atoms with van der Waals surface area (Å²) >= 11 is 0. The molecule has 2 rings (SSSR count). The van der Waals surface area contributed by atoms with Gasteiger partial charge in [-0.15, -0.1) is 0 Å². The molecule has 0 fully saturated rings. The maximum atomic E-state index is 13.5. The number of rotatable bonds is 4. The first-order chi connectivity index (χ1) is 12.1. The molecule has 0 aliphatic carbocycles. The molecule has 10 heteroatoms. The summed E-state index contributed by atoms with van der Waals surface area (Å²) in [6.45, 7) is 0. The molecule has 2 aromatic carbocycles. The zero-order chi connectivity index (χ0) is 19.5. The van der Waals surface area contributed by atoms with Crippen molar-refractivity contribution >= 4 is 21.8 Å². The number of hydrogen-bond donors (Lipinski definition) is 2. The molecule has 26 heavy (non-hydrogen) atoms. The summed E-state index contributed by atoms with van der Waals surface area (Å²) in [6.07, 6.45) is 0. The lowest BCUT2D eigenvalue weighted by molar-refractivity contribution is 0.0844. The van der Waals surface area contributed by atoms with Gasteiger partial charge in [0.1, 0.15) is 11.6 Å². The highest BCUT2D eigenvalue weighted by molar-refractivity contribution is 7.89. The fourth-order valence-corrected chi connectivity index (χ4v) is 2.88. The summed E-state index contributed by atoms with van der Waals surface area (Å²) in [6, 6.07) is 7.52. The normalized spacial score (nSPS) is 11.3. The maximum absolute atomic E-state index is 13.5. The lowest BCUT2D eigenvalue weighted by Crippen LogP contribution is -2.42. The van der Waals surface area contributed by atoms with Crippen LogP contribution in [0.1, 0.15) is 20.7 Å². The molecular weight excluding hydrogens is 368 g/mol. The van der Waals surface area contributed by atoms with Crippen molar-refractivity contribution in [2.75, 3.05) is 14.1 Å². The molecule has 0 heterocycles. The van der Waals surface area contributed by atoms with Crippen LogP contribution in [0.15, 0.2) is 47.4 Å². The van der Waals surface area contributed by atoms with Gasteiger partial charge in [-0.2, -0.15) is 0 Å². The summed E-state index contributed by atoms with van der Waals surface area (Å²) in [5.74, 6) is -3.73. The average Bonchev–Trinajstić information content (AvgIpc) is 2.59. The van der Waals surface area contributed by atoms with Gasteiger partial charge in [-0.25, -0.2) is 21.5 Å². The maximum Gasteiger partial charge on any atom is 0.272 e.